The van der Waals surface area contributed by atoms with Gasteiger partial charge in [0.05, 0.1) is 16.7 Å². The van der Waals surface area contributed by atoms with E-state index in [1.807, 2.05) is 0 Å². The Morgan fingerprint density at radius 2 is 2.05 bits per heavy atom. The van der Waals surface area contributed by atoms with Gasteiger partial charge in [0.25, 0.3) is 0 Å². The number of nitrogens with zero attached hydrogens (tertiary/aromatic N) is 1. The van der Waals surface area contributed by atoms with Crippen LogP contribution in [0.2, 0.25) is 0 Å². The summed E-state index contributed by atoms with van der Waals surface area (Å²) in [6.07, 6.45) is 7.69. The van der Waals surface area contributed by atoms with Gasteiger partial charge in [-0.1, -0.05) is 40.0 Å². The van der Waals surface area contributed by atoms with Gasteiger partial charge in [-0.3, -0.25) is 5.32 Å². The Morgan fingerprint density at radius 3 is 2.47 bits per heavy atom. The van der Waals surface area contributed by atoms with Crippen LogP contribution in [0.25, 0.3) is 0 Å². The van der Waals surface area contributed by atoms with E-state index in [1.54, 1.807) is 11.3 Å². The molecule has 1 heterocycles. The Bertz CT molecular complexity index is 448. The van der Waals surface area contributed by atoms with Crippen LogP contribution in [0, 0.1) is 19.3 Å². The Balaban J connectivity index is 2.86. The third-order valence-electron chi connectivity index (χ3n) is 3.10. The first-order valence-electron chi connectivity index (χ1n) is 6.99. The molecule has 3 heteroatoms. The second-order valence-electron chi connectivity index (χ2n) is 6.11. The van der Waals surface area contributed by atoms with Gasteiger partial charge in [-0.05, 0) is 20.3 Å². The predicted molar refractivity (Wildman–Crippen MR) is 84.6 cm³/mol. The molecule has 0 aliphatic heterocycles. The summed E-state index contributed by atoms with van der Waals surface area (Å²) in [5.74, 6) is 2.83. The van der Waals surface area contributed by atoms with Crippen LogP contribution in [0.5, 0.6) is 0 Å². The van der Waals surface area contributed by atoms with Crippen molar-refractivity contribution in [1.82, 2.24) is 10.3 Å². The lowest BCUT2D eigenvalue weighted by molar-refractivity contribution is 0.498. The van der Waals surface area contributed by atoms with E-state index < -0.39 is 0 Å². The summed E-state index contributed by atoms with van der Waals surface area (Å²) in [5.41, 5.74) is 1.24. The average molecular weight is 278 g/mol. The van der Waals surface area contributed by atoms with Gasteiger partial charge in [-0.25, -0.2) is 4.98 Å². The lowest BCUT2D eigenvalue weighted by atomic mass is 9.98. The van der Waals surface area contributed by atoms with Crippen molar-refractivity contribution in [2.45, 2.75) is 71.9 Å². The lowest BCUT2D eigenvalue weighted by Crippen LogP contribution is -2.30. The fourth-order valence-electron chi connectivity index (χ4n) is 2.01. The van der Waals surface area contributed by atoms with E-state index in [1.165, 1.54) is 9.88 Å². The summed E-state index contributed by atoms with van der Waals surface area (Å²) < 4.78 is 0. The van der Waals surface area contributed by atoms with Crippen molar-refractivity contribution < 1.29 is 0 Å². The van der Waals surface area contributed by atoms with Crippen LogP contribution in [0.15, 0.2) is 0 Å². The molecule has 0 fully saturated rings. The number of thiazole rings is 1. The molecule has 1 aromatic rings. The largest absolute Gasteiger partial charge is 0.296 e. The van der Waals surface area contributed by atoms with Crippen LogP contribution in [0.1, 0.15) is 69.1 Å². The van der Waals surface area contributed by atoms with Crippen molar-refractivity contribution in [3.8, 4) is 12.3 Å². The van der Waals surface area contributed by atoms with Gasteiger partial charge >= 0.3 is 0 Å². The smallest absolute Gasteiger partial charge is 0.0985 e. The quantitative estimate of drug-likeness (QED) is 0.816. The second kappa shape index (κ2) is 6.54. The van der Waals surface area contributed by atoms with Gasteiger partial charge in [0.1, 0.15) is 0 Å². The number of hydrogen-bond donors (Lipinski definition) is 1. The molecule has 0 bridgehead atoms. The van der Waals surface area contributed by atoms with Gasteiger partial charge in [0.15, 0.2) is 0 Å². The topological polar surface area (TPSA) is 24.9 Å². The molecule has 0 saturated heterocycles. The minimum absolute atomic E-state index is 0.113. The van der Waals surface area contributed by atoms with Gasteiger partial charge < -0.3 is 0 Å². The first-order chi connectivity index (χ1) is 8.79. The molecular weight excluding hydrogens is 252 g/mol. The van der Waals surface area contributed by atoms with Crippen molar-refractivity contribution in [3.63, 3.8) is 0 Å². The summed E-state index contributed by atoms with van der Waals surface area (Å²) in [6.45, 7) is 13.0. The zero-order valence-corrected chi connectivity index (χ0v) is 13.8. The number of hydrogen-bond acceptors (Lipinski definition) is 3. The van der Waals surface area contributed by atoms with E-state index >= 15 is 0 Å². The maximum atomic E-state index is 5.57. The maximum Gasteiger partial charge on any atom is 0.0985 e. The van der Waals surface area contributed by atoms with Crippen molar-refractivity contribution in [2.24, 2.45) is 0 Å². The van der Waals surface area contributed by atoms with E-state index in [9.17, 15) is 0 Å². The van der Waals surface area contributed by atoms with E-state index in [2.05, 4.69) is 52.8 Å². The molecule has 2 unspecified atom stereocenters. The average Bonchev–Trinajstić information content (AvgIpc) is 2.70. The van der Waals surface area contributed by atoms with Crippen LogP contribution in [0.3, 0.4) is 0 Å². The van der Waals surface area contributed by atoms with Crippen LogP contribution < -0.4 is 5.32 Å². The highest BCUT2D eigenvalue weighted by molar-refractivity contribution is 7.12. The SMILES string of the molecule is C#CC(CCC)NC(C)c1sc(C(C)(C)C)nc1C. The molecule has 2 nitrogen and oxygen atoms in total. The summed E-state index contributed by atoms with van der Waals surface area (Å²) >= 11 is 1.80. The number of rotatable bonds is 5. The molecule has 0 saturated carbocycles. The van der Waals surface area contributed by atoms with E-state index in [-0.39, 0.29) is 17.5 Å². The zero-order valence-electron chi connectivity index (χ0n) is 13.0. The Kier molecular flexibility index (Phi) is 5.58. The zero-order chi connectivity index (χ0) is 14.6. The van der Waals surface area contributed by atoms with Crippen LogP contribution in [-0.2, 0) is 5.41 Å². The highest BCUT2D eigenvalue weighted by atomic mass is 32.1. The van der Waals surface area contributed by atoms with Crippen LogP contribution in [-0.4, -0.2) is 11.0 Å². The van der Waals surface area contributed by atoms with Crippen molar-refractivity contribution >= 4 is 11.3 Å². The number of aryl methyl sites for hydroxylation is 1. The van der Waals surface area contributed by atoms with Gasteiger partial charge in [0, 0.05) is 16.3 Å². The molecule has 2 atom stereocenters. The molecule has 19 heavy (non-hydrogen) atoms. The van der Waals surface area contributed by atoms with E-state index in [4.69, 9.17) is 11.4 Å². The van der Waals surface area contributed by atoms with E-state index in [0.717, 1.165) is 18.5 Å². The molecule has 0 spiro atoms. The molecule has 1 aromatic heterocycles. The number of terminal acetylenes is 1. The van der Waals surface area contributed by atoms with Gasteiger partial charge in [0.2, 0.25) is 0 Å². The predicted octanol–water partition coefficient (Wildman–Crippen LogP) is 4.20. The summed E-state index contributed by atoms with van der Waals surface area (Å²) in [5, 5.41) is 4.72. The van der Waals surface area contributed by atoms with Gasteiger partial charge in [-0.2, -0.15) is 0 Å². The Labute approximate surface area is 122 Å². The highest BCUT2D eigenvalue weighted by Crippen LogP contribution is 2.32. The fourth-order valence-corrected chi connectivity index (χ4v) is 3.15. The Hall–Kier alpha value is -0.850. The van der Waals surface area contributed by atoms with Crippen LogP contribution >= 0.6 is 11.3 Å². The molecule has 0 radical (unpaired) electrons. The summed E-state index contributed by atoms with van der Waals surface area (Å²) in [7, 11) is 0. The molecular formula is C16H26N2S. The van der Waals surface area contributed by atoms with E-state index in [0.29, 0.717) is 0 Å². The molecule has 0 aliphatic rings. The maximum absolute atomic E-state index is 5.57. The minimum Gasteiger partial charge on any atom is -0.296 e. The molecule has 1 rings (SSSR count). The summed E-state index contributed by atoms with van der Waals surface area (Å²) in [6, 6.07) is 0.417. The Morgan fingerprint density at radius 1 is 1.42 bits per heavy atom. The molecule has 0 aromatic carbocycles. The molecule has 106 valence electrons. The fraction of sp³-hybridized carbons (Fsp3) is 0.688. The number of aromatic nitrogens is 1. The monoisotopic (exact) mass is 278 g/mol. The second-order valence-corrected chi connectivity index (χ2v) is 7.15. The molecule has 0 amide bonds. The van der Waals surface area contributed by atoms with Crippen LogP contribution in [0.4, 0.5) is 0 Å². The standard InChI is InChI=1S/C16H26N2S/c1-8-10-13(9-2)17-11(3)14-12(4)18-15(19-14)16(5,6)7/h2,11,13,17H,8,10H2,1,3-7H3. The first-order valence-corrected chi connectivity index (χ1v) is 7.81. The molecule has 0 aliphatic carbocycles. The first kappa shape index (κ1) is 16.2. The normalized spacial score (nSPS) is 15.0. The van der Waals surface area contributed by atoms with Gasteiger partial charge in [-0.15, -0.1) is 17.8 Å². The van der Waals surface area contributed by atoms with Crippen molar-refractivity contribution in [1.29, 1.82) is 0 Å². The third kappa shape index (κ3) is 4.33. The van der Waals surface area contributed by atoms with Crippen molar-refractivity contribution in [2.75, 3.05) is 0 Å². The third-order valence-corrected chi connectivity index (χ3v) is 4.86. The highest BCUT2D eigenvalue weighted by Gasteiger charge is 2.23. The molecule has 1 N–H and O–H groups in total. The summed E-state index contributed by atoms with van der Waals surface area (Å²) in [4.78, 5) is 6.02. The van der Waals surface area contributed by atoms with Crippen molar-refractivity contribution in [3.05, 3.63) is 15.6 Å². The lowest BCUT2D eigenvalue weighted by Gasteiger charge is -2.18. The minimum atomic E-state index is 0.113. The number of nitrogens with one attached hydrogen (secondary N) is 1.